The fourth-order valence-electron chi connectivity index (χ4n) is 2.29. The summed E-state index contributed by atoms with van der Waals surface area (Å²) in [6.45, 7) is 3.25. The monoisotopic (exact) mass is 466 g/mol. The maximum absolute atomic E-state index is 12.6. The lowest BCUT2D eigenvalue weighted by Gasteiger charge is -2.25. The summed E-state index contributed by atoms with van der Waals surface area (Å²) in [5, 5.41) is 25.3. The summed E-state index contributed by atoms with van der Waals surface area (Å²) in [5.41, 5.74) is 5.53. The largest absolute Gasteiger partial charge is 0.481 e. The number of carbonyl (C=O) groups excluding carboxylic acids is 3. The summed E-state index contributed by atoms with van der Waals surface area (Å²) in [4.78, 5) is 59.6. The molecule has 0 aliphatic carbocycles. The molecule has 4 unspecified atom stereocenters. The van der Waals surface area contributed by atoms with E-state index in [0.717, 1.165) is 0 Å². The van der Waals surface area contributed by atoms with Crippen molar-refractivity contribution < 1.29 is 34.2 Å². The molecule has 0 aliphatic heterocycles. The minimum atomic E-state index is -1.47. The standard InChI is InChI=1S/C17H30N4O7S2/c1-8(2)13(17(27)28)21-15(25)10(4-5-30-3)19-16(26)11(6-12(22)23)20-14(24)9(18)7-29/h8-11,13,29H,4-7,18H2,1-3H3,(H,19,26)(H,20,24)(H,21,25)(H,22,23)(H,27,28). The first-order valence-corrected chi connectivity index (χ1v) is 11.2. The van der Waals surface area contributed by atoms with Gasteiger partial charge >= 0.3 is 11.9 Å². The highest BCUT2D eigenvalue weighted by atomic mass is 32.2. The highest BCUT2D eigenvalue weighted by molar-refractivity contribution is 7.98. The third-order valence-corrected chi connectivity index (χ3v) is 5.06. The first kappa shape index (κ1) is 28.0. The number of carboxylic acids is 2. The number of hydrogen-bond acceptors (Lipinski definition) is 8. The van der Waals surface area contributed by atoms with Crippen LogP contribution in [-0.2, 0) is 24.0 Å². The highest BCUT2D eigenvalue weighted by Crippen LogP contribution is 2.07. The van der Waals surface area contributed by atoms with Crippen molar-refractivity contribution >= 4 is 54.1 Å². The first-order valence-electron chi connectivity index (χ1n) is 9.15. The van der Waals surface area contributed by atoms with Crippen molar-refractivity contribution in [1.29, 1.82) is 0 Å². The smallest absolute Gasteiger partial charge is 0.326 e. The van der Waals surface area contributed by atoms with Crippen LogP contribution in [0.2, 0.25) is 0 Å². The van der Waals surface area contributed by atoms with E-state index in [1.54, 1.807) is 20.1 Å². The number of rotatable bonds is 14. The quantitative estimate of drug-likeness (QED) is 0.152. The van der Waals surface area contributed by atoms with Gasteiger partial charge in [-0.05, 0) is 24.3 Å². The van der Waals surface area contributed by atoms with Gasteiger partial charge in [0.2, 0.25) is 17.7 Å². The van der Waals surface area contributed by atoms with Crippen LogP contribution in [0.5, 0.6) is 0 Å². The number of thiol groups is 1. The van der Waals surface area contributed by atoms with E-state index < -0.39 is 66.2 Å². The molecule has 0 saturated heterocycles. The normalized spacial score (nSPS) is 14.9. The van der Waals surface area contributed by atoms with Crippen LogP contribution < -0.4 is 21.7 Å². The molecule has 0 aliphatic rings. The second-order valence-corrected chi connectivity index (χ2v) is 8.21. The Kier molecular flexibility index (Phi) is 13.2. The summed E-state index contributed by atoms with van der Waals surface area (Å²) >= 11 is 5.28. The average molecular weight is 467 g/mol. The Labute approximate surface area is 184 Å². The molecule has 0 radical (unpaired) electrons. The zero-order chi connectivity index (χ0) is 23.4. The van der Waals surface area contributed by atoms with Crippen molar-refractivity contribution in [2.75, 3.05) is 17.8 Å². The highest BCUT2D eigenvalue weighted by Gasteiger charge is 2.31. The zero-order valence-electron chi connectivity index (χ0n) is 17.1. The summed E-state index contributed by atoms with van der Waals surface area (Å²) in [7, 11) is 0. The summed E-state index contributed by atoms with van der Waals surface area (Å²) in [6, 6.07) is -4.78. The Morgan fingerprint density at radius 3 is 1.93 bits per heavy atom. The zero-order valence-corrected chi connectivity index (χ0v) is 18.8. The molecule has 0 aromatic heterocycles. The molecule has 4 atom stereocenters. The Balaban J connectivity index is 5.43. The van der Waals surface area contributed by atoms with Gasteiger partial charge in [-0.25, -0.2) is 4.79 Å². The number of thioether (sulfide) groups is 1. The van der Waals surface area contributed by atoms with Crippen LogP contribution in [0.15, 0.2) is 0 Å². The van der Waals surface area contributed by atoms with Crippen LogP contribution in [0.25, 0.3) is 0 Å². The van der Waals surface area contributed by atoms with Crippen molar-refractivity contribution in [2.24, 2.45) is 11.7 Å². The SMILES string of the molecule is CSCCC(NC(=O)C(CC(=O)O)NC(=O)C(N)CS)C(=O)NC(C(=O)O)C(C)C. The summed E-state index contributed by atoms with van der Waals surface area (Å²) < 4.78 is 0. The van der Waals surface area contributed by atoms with Crippen molar-refractivity contribution in [1.82, 2.24) is 16.0 Å². The minimum absolute atomic E-state index is 0.0161. The van der Waals surface area contributed by atoms with E-state index in [1.807, 2.05) is 0 Å². The number of hydrogen-bond donors (Lipinski definition) is 7. The molecule has 0 heterocycles. The molecule has 172 valence electrons. The summed E-state index contributed by atoms with van der Waals surface area (Å²) in [5.74, 6) is -4.88. The number of carboxylic acid groups (broad SMARTS) is 2. The second kappa shape index (κ2) is 14.1. The maximum Gasteiger partial charge on any atom is 0.326 e. The first-order chi connectivity index (χ1) is 13.9. The van der Waals surface area contributed by atoms with Gasteiger partial charge in [-0.1, -0.05) is 13.8 Å². The minimum Gasteiger partial charge on any atom is -0.481 e. The van der Waals surface area contributed by atoms with Crippen molar-refractivity contribution in [3.63, 3.8) is 0 Å². The fourth-order valence-corrected chi connectivity index (χ4v) is 2.93. The van der Waals surface area contributed by atoms with Gasteiger partial charge in [0, 0.05) is 5.75 Å². The molecule has 0 rings (SSSR count). The van der Waals surface area contributed by atoms with Crippen molar-refractivity contribution in [3.05, 3.63) is 0 Å². The van der Waals surface area contributed by atoms with E-state index in [-0.39, 0.29) is 12.2 Å². The number of carbonyl (C=O) groups is 5. The molecule has 30 heavy (non-hydrogen) atoms. The molecular formula is C17H30N4O7S2. The molecule has 13 heteroatoms. The molecule has 0 spiro atoms. The van der Waals surface area contributed by atoms with Gasteiger partial charge in [0.1, 0.15) is 18.1 Å². The van der Waals surface area contributed by atoms with Gasteiger partial charge in [-0.2, -0.15) is 24.4 Å². The van der Waals surface area contributed by atoms with E-state index in [9.17, 15) is 29.1 Å². The van der Waals surface area contributed by atoms with E-state index in [0.29, 0.717) is 5.75 Å². The maximum atomic E-state index is 12.6. The van der Waals surface area contributed by atoms with Gasteiger partial charge < -0.3 is 31.9 Å². The fraction of sp³-hybridized carbons (Fsp3) is 0.706. The van der Waals surface area contributed by atoms with Crippen LogP contribution in [0.4, 0.5) is 0 Å². The van der Waals surface area contributed by atoms with Crippen LogP contribution in [0, 0.1) is 5.92 Å². The third-order valence-electron chi connectivity index (χ3n) is 4.02. The Hall–Kier alpha value is -1.99. The number of nitrogens with two attached hydrogens (primary N) is 1. The van der Waals surface area contributed by atoms with Gasteiger partial charge in [-0.15, -0.1) is 0 Å². The van der Waals surface area contributed by atoms with Gasteiger partial charge in [0.25, 0.3) is 0 Å². The van der Waals surface area contributed by atoms with Gasteiger partial charge in [0.15, 0.2) is 0 Å². The molecule has 0 bridgehead atoms. The Morgan fingerprint density at radius 1 is 0.967 bits per heavy atom. The third kappa shape index (κ3) is 10.2. The van der Waals surface area contributed by atoms with Gasteiger partial charge in [0.05, 0.1) is 12.5 Å². The van der Waals surface area contributed by atoms with Crippen LogP contribution in [-0.4, -0.2) is 81.8 Å². The molecule has 0 saturated carbocycles. The topological polar surface area (TPSA) is 188 Å². The molecule has 0 fully saturated rings. The van der Waals surface area contributed by atoms with Gasteiger partial charge in [-0.3, -0.25) is 19.2 Å². The molecule has 0 aromatic rings. The van der Waals surface area contributed by atoms with Crippen molar-refractivity contribution in [2.45, 2.75) is 50.9 Å². The molecule has 3 amide bonds. The predicted molar refractivity (Wildman–Crippen MR) is 115 cm³/mol. The number of nitrogens with one attached hydrogen (secondary N) is 3. The second-order valence-electron chi connectivity index (χ2n) is 6.86. The van der Waals surface area contributed by atoms with E-state index in [1.165, 1.54) is 11.8 Å². The van der Waals surface area contributed by atoms with Crippen LogP contribution in [0.3, 0.4) is 0 Å². The number of amides is 3. The lowest BCUT2D eigenvalue weighted by atomic mass is 10.0. The Morgan fingerprint density at radius 2 is 1.50 bits per heavy atom. The van der Waals surface area contributed by atoms with Crippen molar-refractivity contribution in [3.8, 4) is 0 Å². The molecule has 11 nitrogen and oxygen atoms in total. The molecular weight excluding hydrogens is 436 g/mol. The van der Waals surface area contributed by atoms with E-state index in [4.69, 9.17) is 10.8 Å². The number of aliphatic carboxylic acids is 2. The van der Waals surface area contributed by atoms with E-state index >= 15 is 0 Å². The van der Waals surface area contributed by atoms with Crippen LogP contribution >= 0.6 is 24.4 Å². The van der Waals surface area contributed by atoms with Crippen LogP contribution in [0.1, 0.15) is 26.7 Å². The lowest BCUT2D eigenvalue weighted by molar-refractivity contribution is -0.144. The average Bonchev–Trinajstić information content (AvgIpc) is 2.66. The Bertz CT molecular complexity index is 633. The van der Waals surface area contributed by atoms with E-state index in [2.05, 4.69) is 28.6 Å². The predicted octanol–water partition coefficient (Wildman–Crippen LogP) is -1.33. The molecule has 7 N–H and O–H groups in total. The summed E-state index contributed by atoms with van der Waals surface area (Å²) in [6.07, 6.45) is 1.24. The lowest BCUT2D eigenvalue weighted by Crippen LogP contribution is -2.58. The molecule has 0 aromatic carbocycles.